The highest BCUT2D eigenvalue weighted by atomic mass is 79.9. The molecular weight excluding hydrogens is 283 g/mol. The predicted octanol–water partition coefficient (Wildman–Crippen LogP) is 3.02. The highest BCUT2D eigenvalue weighted by Gasteiger charge is 2.06. The molecule has 1 aromatic carbocycles. The Balaban J connectivity index is 2.39. The van der Waals surface area contributed by atoms with E-state index in [-0.39, 0.29) is 5.82 Å². The van der Waals surface area contributed by atoms with Crippen molar-refractivity contribution in [3.63, 3.8) is 0 Å². The van der Waals surface area contributed by atoms with Gasteiger partial charge in [0.05, 0.1) is 0 Å². The van der Waals surface area contributed by atoms with Gasteiger partial charge in [-0.1, -0.05) is 15.9 Å². The Kier molecular flexibility index (Phi) is 6.70. The van der Waals surface area contributed by atoms with Crippen LogP contribution >= 0.6 is 15.9 Å². The second-order valence-electron chi connectivity index (χ2n) is 4.28. The summed E-state index contributed by atoms with van der Waals surface area (Å²) in [6.45, 7) is 2.69. The average molecular weight is 303 g/mol. The summed E-state index contributed by atoms with van der Waals surface area (Å²) in [6.07, 6.45) is 2.29. The predicted molar refractivity (Wildman–Crippen MR) is 73.6 cm³/mol. The van der Waals surface area contributed by atoms with Gasteiger partial charge in [0.1, 0.15) is 5.82 Å². The molecule has 0 radical (unpaired) electrons. The first-order valence-electron chi connectivity index (χ1n) is 5.90. The number of halogens is 2. The minimum absolute atomic E-state index is 0.129. The molecule has 4 heteroatoms. The van der Waals surface area contributed by atoms with Crippen LogP contribution in [0.4, 0.5) is 4.39 Å². The van der Waals surface area contributed by atoms with Crippen molar-refractivity contribution >= 4 is 15.9 Å². The van der Waals surface area contributed by atoms with Gasteiger partial charge < -0.3 is 10.2 Å². The Morgan fingerprint density at radius 1 is 1.35 bits per heavy atom. The number of rotatable bonds is 7. The summed E-state index contributed by atoms with van der Waals surface area (Å²) in [7, 11) is 3.99. The van der Waals surface area contributed by atoms with Crippen LogP contribution < -0.4 is 5.32 Å². The molecule has 0 aromatic heterocycles. The maximum Gasteiger partial charge on any atom is 0.127 e. The van der Waals surface area contributed by atoms with E-state index in [0.29, 0.717) is 6.54 Å². The molecule has 17 heavy (non-hydrogen) atoms. The summed E-state index contributed by atoms with van der Waals surface area (Å²) in [6, 6.07) is 5.08. The van der Waals surface area contributed by atoms with E-state index in [0.717, 1.165) is 36.0 Å². The number of nitrogens with zero attached hydrogens (tertiary/aromatic N) is 1. The summed E-state index contributed by atoms with van der Waals surface area (Å²) >= 11 is 3.37. The monoisotopic (exact) mass is 302 g/mol. The van der Waals surface area contributed by atoms with E-state index in [4.69, 9.17) is 0 Å². The van der Waals surface area contributed by atoms with E-state index in [2.05, 4.69) is 26.1 Å². The molecule has 0 atom stereocenters. The van der Waals surface area contributed by atoms with Gasteiger partial charge in [-0.15, -0.1) is 0 Å². The van der Waals surface area contributed by atoms with E-state index < -0.39 is 0 Å². The standard InChI is InChI=1S/C13H20BrFN2/c1-16-7-3-4-8-17(2)10-11-9-12(14)5-6-13(11)15/h5-6,9,16H,3-4,7-8,10H2,1-2H3. The second kappa shape index (κ2) is 7.80. The van der Waals surface area contributed by atoms with Gasteiger partial charge in [0.25, 0.3) is 0 Å². The zero-order valence-corrected chi connectivity index (χ0v) is 12.1. The van der Waals surface area contributed by atoms with Crippen molar-refractivity contribution < 1.29 is 4.39 Å². The molecule has 2 nitrogen and oxygen atoms in total. The lowest BCUT2D eigenvalue weighted by Gasteiger charge is -2.17. The molecule has 96 valence electrons. The molecule has 0 unspecified atom stereocenters. The summed E-state index contributed by atoms with van der Waals surface area (Å²) < 4.78 is 14.4. The molecule has 0 aliphatic carbocycles. The van der Waals surface area contributed by atoms with Crippen molar-refractivity contribution in [1.29, 1.82) is 0 Å². The fourth-order valence-corrected chi connectivity index (χ4v) is 2.13. The summed E-state index contributed by atoms with van der Waals surface area (Å²) in [5.41, 5.74) is 0.746. The molecule has 0 spiro atoms. The Morgan fingerprint density at radius 3 is 2.82 bits per heavy atom. The molecule has 1 aromatic rings. The van der Waals surface area contributed by atoms with E-state index >= 15 is 0 Å². The quantitative estimate of drug-likeness (QED) is 0.779. The molecule has 0 saturated heterocycles. The van der Waals surface area contributed by atoms with Crippen LogP contribution in [0.5, 0.6) is 0 Å². The number of benzene rings is 1. The van der Waals surface area contributed by atoms with E-state index in [1.807, 2.05) is 20.2 Å². The van der Waals surface area contributed by atoms with Crippen LogP contribution in [-0.4, -0.2) is 32.1 Å². The van der Waals surface area contributed by atoms with Crippen LogP contribution in [0.3, 0.4) is 0 Å². The van der Waals surface area contributed by atoms with Gasteiger partial charge in [0, 0.05) is 16.6 Å². The van der Waals surface area contributed by atoms with Gasteiger partial charge in [0.15, 0.2) is 0 Å². The van der Waals surface area contributed by atoms with Gasteiger partial charge in [-0.25, -0.2) is 4.39 Å². The van der Waals surface area contributed by atoms with Crippen molar-refractivity contribution in [2.75, 3.05) is 27.2 Å². The SMILES string of the molecule is CNCCCCN(C)Cc1cc(Br)ccc1F. The van der Waals surface area contributed by atoms with E-state index in [1.54, 1.807) is 6.07 Å². The maximum absolute atomic E-state index is 13.5. The number of hydrogen-bond donors (Lipinski definition) is 1. The van der Waals surface area contributed by atoms with Crippen molar-refractivity contribution in [2.24, 2.45) is 0 Å². The van der Waals surface area contributed by atoms with Crippen molar-refractivity contribution in [3.8, 4) is 0 Å². The minimum Gasteiger partial charge on any atom is -0.320 e. The van der Waals surface area contributed by atoms with Crippen LogP contribution in [0.25, 0.3) is 0 Å². The third-order valence-corrected chi connectivity index (χ3v) is 3.16. The third-order valence-electron chi connectivity index (χ3n) is 2.66. The second-order valence-corrected chi connectivity index (χ2v) is 5.20. The lowest BCUT2D eigenvalue weighted by atomic mass is 10.2. The Bertz CT molecular complexity index is 344. The third kappa shape index (κ3) is 5.61. The van der Waals surface area contributed by atoms with Crippen LogP contribution in [0.2, 0.25) is 0 Å². The van der Waals surface area contributed by atoms with Crippen molar-refractivity contribution in [2.45, 2.75) is 19.4 Å². The lowest BCUT2D eigenvalue weighted by molar-refractivity contribution is 0.313. The zero-order chi connectivity index (χ0) is 12.7. The molecule has 1 N–H and O–H groups in total. The minimum atomic E-state index is -0.129. The molecule has 0 heterocycles. The highest BCUT2D eigenvalue weighted by molar-refractivity contribution is 9.10. The first-order valence-corrected chi connectivity index (χ1v) is 6.70. The highest BCUT2D eigenvalue weighted by Crippen LogP contribution is 2.16. The molecule has 0 fully saturated rings. The molecule has 0 amide bonds. The first-order chi connectivity index (χ1) is 8.13. The number of nitrogens with one attached hydrogen (secondary N) is 1. The van der Waals surface area contributed by atoms with Crippen molar-refractivity contribution in [3.05, 3.63) is 34.1 Å². The number of hydrogen-bond acceptors (Lipinski definition) is 2. The van der Waals surface area contributed by atoms with Crippen LogP contribution in [0, 0.1) is 5.82 Å². The fraction of sp³-hybridized carbons (Fsp3) is 0.538. The van der Waals surface area contributed by atoms with E-state index in [1.165, 1.54) is 6.07 Å². The molecule has 0 aliphatic heterocycles. The Hall–Kier alpha value is -0.450. The topological polar surface area (TPSA) is 15.3 Å². The van der Waals surface area contributed by atoms with Crippen molar-refractivity contribution in [1.82, 2.24) is 10.2 Å². The molecule has 0 saturated carbocycles. The average Bonchev–Trinajstić information content (AvgIpc) is 2.29. The van der Waals surface area contributed by atoms with Crippen LogP contribution in [0.15, 0.2) is 22.7 Å². The molecule has 0 bridgehead atoms. The lowest BCUT2D eigenvalue weighted by Crippen LogP contribution is -2.21. The van der Waals surface area contributed by atoms with Crippen LogP contribution in [0.1, 0.15) is 18.4 Å². The summed E-state index contributed by atoms with van der Waals surface area (Å²) in [5.74, 6) is -0.129. The van der Waals surface area contributed by atoms with Gasteiger partial charge in [-0.05, 0) is 58.2 Å². The number of unbranched alkanes of at least 4 members (excludes halogenated alkanes) is 1. The smallest absolute Gasteiger partial charge is 0.127 e. The zero-order valence-electron chi connectivity index (χ0n) is 10.5. The summed E-state index contributed by atoms with van der Waals surface area (Å²) in [5, 5.41) is 3.12. The van der Waals surface area contributed by atoms with Gasteiger partial charge in [0.2, 0.25) is 0 Å². The largest absolute Gasteiger partial charge is 0.320 e. The summed E-state index contributed by atoms with van der Waals surface area (Å²) in [4.78, 5) is 2.15. The van der Waals surface area contributed by atoms with Crippen LogP contribution in [-0.2, 0) is 6.54 Å². The fourth-order valence-electron chi connectivity index (χ4n) is 1.72. The van der Waals surface area contributed by atoms with Gasteiger partial charge >= 0.3 is 0 Å². The van der Waals surface area contributed by atoms with E-state index in [9.17, 15) is 4.39 Å². The normalized spacial score (nSPS) is 11.1. The first kappa shape index (κ1) is 14.6. The molecular formula is C13H20BrFN2. The maximum atomic E-state index is 13.5. The molecule has 0 aliphatic rings. The van der Waals surface area contributed by atoms with Gasteiger partial charge in [-0.2, -0.15) is 0 Å². The van der Waals surface area contributed by atoms with Gasteiger partial charge in [-0.3, -0.25) is 0 Å². The molecule has 1 rings (SSSR count). The Labute approximate surface area is 111 Å². The Morgan fingerprint density at radius 2 is 2.12 bits per heavy atom.